The summed E-state index contributed by atoms with van der Waals surface area (Å²) >= 11 is 0. The Hall–Kier alpha value is -1.70. The number of nitrogens with one attached hydrogen (secondary N) is 2. The van der Waals surface area contributed by atoms with Gasteiger partial charge in [0.2, 0.25) is 0 Å². The molecule has 1 aliphatic heterocycles. The fourth-order valence-corrected chi connectivity index (χ4v) is 4.67. The molecule has 0 bridgehead atoms. The van der Waals surface area contributed by atoms with Crippen molar-refractivity contribution in [2.75, 3.05) is 12.3 Å². The molecule has 1 saturated heterocycles. The van der Waals surface area contributed by atoms with E-state index in [-0.39, 0.29) is 34.7 Å². The summed E-state index contributed by atoms with van der Waals surface area (Å²) in [5.41, 5.74) is -0.236. The van der Waals surface area contributed by atoms with Crippen molar-refractivity contribution in [1.29, 1.82) is 0 Å². The first-order valence-electron chi connectivity index (χ1n) is 7.57. The van der Waals surface area contributed by atoms with Gasteiger partial charge < -0.3 is 10.3 Å². The molecule has 1 aromatic heterocycles. The molecule has 7 nitrogen and oxygen atoms in total. The van der Waals surface area contributed by atoms with Gasteiger partial charge in [-0.1, -0.05) is 0 Å². The Bertz CT molecular complexity index is 737. The van der Waals surface area contributed by atoms with Crippen LogP contribution in [0.5, 0.6) is 0 Å². The van der Waals surface area contributed by atoms with Crippen LogP contribution in [0.4, 0.5) is 0 Å². The molecular formula is C14H19N3O4S. The van der Waals surface area contributed by atoms with Crippen LogP contribution < -0.4 is 10.9 Å². The third-order valence-electron chi connectivity index (χ3n) is 4.17. The van der Waals surface area contributed by atoms with Gasteiger partial charge >= 0.3 is 0 Å². The molecule has 2 N–H and O–H groups in total. The van der Waals surface area contributed by atoms with Crippen LogP contribution in [0.2, 0.25) is 0 Å². The first kappa shape index (κ1) is 15.2. The van der Waals surface area contributed by atoms with Crippen molar-refractivity contribution in [2.24, 2.45) is 0 Å². The van der Waals surface area contributed by atoms with Gasteiger partial charge in [0, 0.05) is 18.5 Å². The lowest BCUT2D eigenvalue weighted by Gasteiger charge is -2.10. The van der Waals surface area contributed by atoms with Gasteiger partial charge in [0.25, 0.3) is 11.5 Å². The quantitative estimate of drug-likeness (QED) is 0.811. The van der Waals surface area contributed by atoms with Gasteiger partial charge in [0.15, 0.2) is 9.84 Å². The summed E-state index contributed by atoms with van der Waals surface area (Å²) in [5, 5.41) is 2.30. The van der Waals surface area contributed by atoms with Crippen molar-refractivity contribution in [2.45, 2.75) is 43.3 Å². The summed E-state index contributed by atoms with van der Waals surface area (Å²) in [6, 6.07) is 1.17. The number of amides is 1. The van der Waals surface area contributed by atoms with E-state index in [9.17, 15) is 18.0 Å². The number of sulfone groups is 1. The summed E-state index contributed by atoms with van der Waals surface area (Å²) in [4.78, 5) is 30.5. The van der Waals surface area contributed by atoms with E-state index in [0.29, 0.717) is 25.1 Å². The van der Waals surface area contributed by atoms with E-state index in [1.54, 1.807) is 0 Å². The molecule has 8 heteroatoms. The molecule has 2 aliphatic rings. The average Bonchev–Trinajstić information content (AvgIpc) is 3.24. The van der Waals surface area contributed by atoms with E-state index >= 15 is 0 Å². The number of aromatic amines is 1. The molecule has 22 heavy (non-hydrogen) atoms. The summed E-state index contributed by atoms with van der Waals surface area (Å²) in [6.07, 6.45) is 3.72. The largest absolute Gasteiger partial charge is 0.351 e. The summed E-state index contributed by atoms with van der Waals surface area (Å²) in [5.74, 6) is 0.634. The van der Waals surface area contributed by atoms with Crippen LogP contribution in [-0.2, 0) is 9.84 Å². The topological polar surface area (TPSA) is 109 Å². The number of hydrogen-bond acceptors (Lipinski definition) is 5. The number of nitrogens with zero attached hydrogens (tertiary/aromatic N) is 1. The zero-order chi connectivity index (χ0) is 15.7. The molecule has 1 amide bonds. The van der Waals surface area contributed by atoms with E-state index in [2.05, 4.69) is 15.3 Å². The Morgan fingerprint density at radius 2 is 2.14 bits per heavy atom. The van der Waals surface area contributed by atoms with E-state index in [0.717, 1.165) is 12.8 Å². The van der Waals surface area contributed by atoms with Crippen LogP contribution in [0.15, 0.2) is 10.9 Å². The lowest BCUT2D eigenvalue weighted by atomic mass is 10.2. The van der Waals surface area contributed by atoms with Gasteiger partial charge in [-0.25, -0.2) is 13.4 Å². The Labute approximate surface area is 128 Å². The molecule has 1 atom stereocenters. The first-order chi connectivity index (χ1) is 10.5. The van der Waals surface area contributed by atoms with E-state index in [1.165, 1.54) is 6.07 Å². The van der Waals surface area contributed by atoms with Crippen molar-refractivity contribution in [3.8, 4) is 0 Å². The Kier molecular flexibility index (Phi) is 4.03. The smallest absolute Gasteiger partial charge is 0.270 e. The molecule has 0 spiro atoms. The van der Waals surface area contributed by atoms with Gasteiger partial charge in [-0.3, -0.25) is 9.59 Å². The fraction of sp³-hybridized carbons (Fsp3) is 0.643. The molecule has 0 radical (unpaired) electrons. The van der Waals surface area contributed by atoms with Gasteiger partial charge in [0.1, 0.15) is 11.5 Å². The maximum Gasteiger partial charge on any atom is 0.270 e. The highest BCUT2D eigenvalue weighted by atomic mass is 32.2. The lowest BCUT2D eigenvalue weighted by molar-refractivity contribution is 0.0947. The fourth-order valence-electron chi connectivity index (χ4n) is 2.76. The minimum Gasteiger partial charge on any atom is -0.351 e. The van der Waals surface area contributed by atoms with E-state index < -0.39 is 15.7 Å². The third kappa shape index (κ3) is 3.37. The highest BCUT2D eigenvalue weighted by molar-refractivity contribution is 7.92. The monoisotopic (exact) mass is 325 g/mol. The number of carbonyl (C=O) groups is 1. The predicted octanol–water partition coefficient (Wildman–Crippen LogP) is 0.344. The van der Waals surface area contributed by atoms with Crippen LogP contribution >= 0.6 is 0 Å². The van der Waals surface area contributed by atoms with Crippen molar-refractivity contribution in [3.05, 3.63) is 27.9 Å². The molecule has 120 valence electrons. The van der Waals surface area contributed by atoms with Crippen LogP contribution in [0.25, 0.3) is 0 Å². The second-order valence-electron chi connectivity index (χ2n) is 5.97. The van der Waals surface area contributed by atoms with Crippen molar-refractivity contribution >= 4 is 15.7 Å². The molecule has 1 saturated carbocycles. The summed E-state index contributed by atoms with van der Waals surface area (Å²) < 4.78 is 23.4. The maximum absolute atomic E-state index is 12.1. The molecule has 3 rings (SSSR count). The Balaban J connectivity index is 1.59. The van der Waals surface area contributed by atoms with Gasteiger partial charge in [-0.15, -0.1) is 0 Å². The third-order valence-corrected chi connectivity index (χ3v) is 6.52. The van der Waals surface area contributed by atoms with Crippen LogP contribution in [0.3, 0.4) is 0 Å². The number of carbonyl (C=O) groups excluding carboxylic acids is 1. The molecule has 1 aromatic rings. The molecule has 0 aromatic carbocycles. The minimum absolute atomic E-state index is 0.0972. The lowest BCUT2D eigenvalue weighted by Crippen LogP contribution is -2.30. The maximum atomic E-state index is 12.1. The van der Waals surface area contributed by atoms with Crippen LogP contribution in [0, 0.1) is 0 Å². The van der Waals surface area contributed by atoms with Crippen molar-refractivity contribution < 1.29 is 13.2 Å². The SMILES string of the molecule is O=C(NCCC1CCCS1(=O)=O)c1cc(=O)[nH]c(C2CC2)n1. The van der Waals surface area contributed by atoms with E-state index in [4.69, 9.17) is 0 Å². The highest BCUT2D eigenvalue weighted by Crippen LogP contribution is 2.37. The molecule has 2 fully saturated rings. The van der Waals surface area contributed by atoms with Gasteiger partial charge in [-0.05, 0) is 32.1 Å². The zero-order valence-electron chi connectivity index (χ0n) is 12.2. The van der Waals surface area contributed by atoms with E-state index in [1.807, 2.05) is 0 Å². The van der Waals surface area contributed by atoms with Gasteiger partial charge in [0.05, 0.1) is 11.0 Å². The second-order valence-corrected chi connectivity index (χ2v) is 8.37. The minimum atomic E-state index is -2.99. The molecule has 1 unspecified atom stereocenters. The molecular weight excluding hydrogens is 306 g/mol. The molecule has 1 aliphatic carbocycles. The Morgan fingerprint density at radius 1 is 1.36 bits per heavy atom. The van der Waals surface area contributed by atoms with Crippen LogP contribution in [0.1, 0.15) is 54.3 Å². The van der Waals surface area contributed by atoms with Crippen molar-refractivity contribution in [1.82, 2.24) is 15.3 Å². The first-order valence-corrected chi connectivity index (χ1v) is 9.28. The standard InChI is InChI=1S/C14H19N3O4S/c18-12-8-11(16-13(17-12)9-3-4-9)14(19)15-6-5-10-2-1-7-22(10,20)21/h8-10H,1-7H2,(H,15,19)(H,16,17,18). The highest BCUT2D eigenvalue weighted by Gasteiger charge is 2.31. The zero-order valence-corrected chi connectivity index (χ0v) is 13.0. The van der Waals surface area contributed by atoms with Crippen LogP contribution in [-0.4, -0.2) is 41.8 Å². The summed E-state index contributed by atoms with van der Waals surface area (Å²) in [6.45, 7) is 0.274. The number of aromatic nitrogens is 2. The van der Waals surface area contributed by atoms with Gasteiger partial charge in [-0.2, -0.15) is 0 Å². The normalized spacial score (nSPS) is 23.4. The predicted molar refractivity (Wildman–Crippen MR) is 80.6 cm³/mol. The number of H-pyrrole nitrogens is 1. The second kappa shape index (κ2) is 5.83. The molecule has 2 heterocycles. The Morgan fingerprint density at radius 3 is 2.77 bits per heavy atom. The average molecular weight is 325 g/mol. The number of hydrogen-bond donors (Lipinski definition) is 2. The summed E-state index contributed by atoms with van der Waals surface area (Å²) in [7, 11) is -2.99. The van der Waals surface area contributed by atoms with Crippen molar-refractivity contribution in [3.63, 3.8) is 0 Å². The number of rotatable bonds is 5.